The quantitative estimate of drug-likeness (QED) is 0.538. The molecule has 152 valence electrons. The SMILES string of the molecule is CN=C(NCc1sc(C)nc1C)NC1CCC(NC(=O)OC(C)(C)C)CC1. The van der Waals surface area contributed by atoms with Gasteiger partial charge in [0, 0.05) is 24.0 Å². The third-order valence-electron chi connectivity index (χ3n) is 4.43. The van der Waals surface area contributed by atoms with E-state index in [1.165, 1.54) is 4.88 Å². The van der Waals surface area contributed by atoms with E-state index >= 15 is 0 Å². The van der Waals surface area contributed by atoms with Crippen molar-refractivity contribution in [2.45, 2.75) is 84.5 Å². The lowest BCUT2D eigenvalue weighted by Crippen LogP contribution is -2.47. The fourth-order valence-corrected chi connectivity index (χ4v) is 4.02. The molecule has 1 saturated carbocycles. The van der Waals surface area contributed by atoms with Crippen molar-refractivity contribution in [2.24, 2.45) is 4.99 Å². The number of alkyl carbamates (subject to hydrolysis) is 1. The first-order valence-corrected chi connectivity index (χ1v) is 10.4. The lowest BCUT2D eigenvalue weighted by molar-refractivity contribution is 0.0490. The number of nitrogens with one attached hydrogen (secondary N) is 3. The number of aliphatic imine (C=N–C) groups is 1. The predicted molar refractivity (Wildman–Crippen MR) is 110 cm³/mol. The van der Waals surface area contributed by atoms with E-state index in [4.69, 9.17) is 4.74 Å². The van der Waals surface area contributed by atoms with Gasteiger partial charge in [0.05, 0.1) is 17.2 Å². The second kappa shape index (κ2) is 9.39. The molecular weight excluding hydrogens is 362 g/mol. The van der Waals surface area contributed by atoms with E-state index in [0.717, 1.165) is 48.9 Å². The summed E-state index contributed by atoms with van der Waals surface area (Å²) < 4.78 is 5.34. The first-order chi connectivity index (χ1) is 12.7. The van der Waals surface area contributed by atoms with Gasteiger partial charge in [0.1, 0.15) is 5.60 Å². The molecule has 1 aliphatic rings. The van der Waals surface area contributed by atoms with Crippen LogP contribution in [0, 0.1) is 13.8 Å². The summed E-state index contributed by atoms with van der Waals surface area (Å²) in [5.74, 6) is 0.809. The van der Waals surface area contributed by atoms with Crippen LogP contribution in [0.25, 0.3) is 0 Å². The lowest BCUT2D eigenvalue weighted by atomic mass is 9.91. The summed E-state index contributed by atoms with van der Waals surface area (Å²) >= 11 is 1.71. The summed E-state index contributed by atoms with van der Waals surface area (Å²) in [6.07, 6.45) is 3.51. The number of rotatable bonds is 4. The van der Waals surface area contributed by atoms with Crippen LogP contribution < -0.4 is 16.0 Å². The molecule has 2 rings (SSSR count). The molecule has 1 aromatic rings. The van der Waals surface area contributed by atoms with Crippen LogP contribution >= 0.6 is 11.3 Å². The summed E-state index contributed by atoms with van der Waals surface area (Å²) in [6, 6.07) is 0.535. The van der Waals surface area contributed by atoms with E-state index in [-0.39, 0.29) is 12.1 Å². The number of ether oxygens (including phenoxy) is 1. The minimum absolute atomic E-state index is 0.177. The van der Waals surface area contributed by atoms with Crippen molar-refractivity contribution in [3.63, 3.8) is 0 Å². The molecule has 0 atom stereocenters. The molecule has 0 aliphatic heterocycles. The van der Waals surface area contributed by atoms with Crippen molar-refractivity contribution in [3.8, 4) is 0 Å². The number of hydrogen-bond acceptors (Lipinski definition) is 5. The molecule has 1 heterocycles. The van der Waals surface area contributed by atoms with E-state index < -0.39 is 5.60 Å². The Balaban J connectivity index is 1.73. The topological polar surface area (TPSA) is 87.6 Å². The fourth-order valence-electron chi connectivity index (χ4n) is 3.15. The first kappa shape index (κ1) is 21.5. The van der Waals surface area contributed by atoms with Gasteiger partial charge in [-0.2, -0.15) is 0 Å². The average molecular weight is 396 g/mol. The first-order valence-electron chi connectivity index (χ1n) is 9.56. The second-order valence-corrected chi connectivity index (χ2v) is 9.29. The molecular formula is C19H33N5O2S. The third kappa shape index (κ3) is 7.36. The van der Waals surface area contributed by atoms with E-state index in [9.17, 15) is 4.79 Å². The number of carbonyl (C=O) groups is 1. The predicted octanol–water partition coefficient (Wildman–Crippen LogP) is 3.26. The molecule has 1 fully saturated rings. The molecule has 1 amide bonds. The Kier molecular flexibility index (Phi) is 7.47. The second-order valence-electron chi connectivity index (χ2n) is 8.01. The molecule has 0 saturated heterocycles. The van der Waals surface area contributed by atoms with Crippen molar-refractivity contribution in [1.29, 1.82) is 0 Å². The Morgan fingerprint density at radius 3 is 2.26 bits per heavy atom. The molecule has 0 spiro atoms. The summed E-state index contributed by atoms with van der Waals surface area (Å²) in [4.78, 5) is 21.9. The Labute approximate surface area is 166 Å². The molecule has 27 heavy (non-hydrogen) atoms. The maximum atomic E-state index is 11.9. The Bertz CT molecular complexity index is 658. The number of guanidine groups is 1. The highest BCUT2D eigenvalue weighted by molar-refractivity contribution is 7.11. The fraction of sp³-hybridized carbons (Fsp3) is 0.737. The molecule has 0 unspecified atom stereocenters. The highest BCUT2D eigenvalue weighted by atomic mass is 32.1. The van der Waals surface area contributed by atoms with Gasteiger partial charge in [-0.05, 0) is 60.3 Å². The minimum Gasteiger partial charge on any atom is -0.444 e. The molecule has 0 bridgehead atoms. The van der Waals surface area contributed by atoms with Crippen LogP contribution in [0.4, 0.5) is 4.79 Å². The summed E-state index contributed by atoms with van der Waals surface area (Å²) in [6.45, 7) is 10.4. The zero-order valence-electron chi connectivity index (χ0n) is 17.3. The number of amides is 1. The Morgan fingerprint density at radius 1 is 1.19 bits per heavy atom. The van der Waals surface area contributed by atoms with Gasteiger partial charge in [0.2, 0.25) is 0 Å². The van der Waals surface area contributed by atoms with Crippen molar-refractivity contribution in [1.82, 2.24) is 20.9 Å². The van der Waals surface area contributed by atoms with Gasteiger partial charge in [0.25, 0.3) is 0 Å². The van der Waals surface area contributed by atoms with Crippen molar-refractivity contribution in [3.05, 3.63) is 15.6 Å². The molecule has 0 radical (unpaired) electrons. The molecule has 1 aromatic heterocycles. The van der Waals surface area contributed by atoms with E-state index in [1.807, 2.05) is 34.6 Å². The van der Waals surface area contributed by atoms with Crippen molar-refractivity contribution in [2.75, 3.05) is 7.05 Å². The molecule has 3 N–H and O–H groups in total. The van der Waals surface area contributed by atoms with Gasteiger partial charge < -0.3 is 20.7 Å². The maximum Gasteiger partial charge on any atom is 0.407 e. The minimum atomic E-state index is -0.462. The van der Waals surface area contributed by atoms with E-state index in [1.54, 1.807) is 18.4 Å². The maximum absolute atomic E-state index is 11.9. The highest BCUT2D eigenvalue weighted by Gasteiger charge is 2.25. The van der Waals surface area contributed by atoms with Crippen LogP contribution in [-0.2, 0) is 11.3 Å². The van der Waals surface area contributed by atoms with Crippen molar-refractivity contribution < 1.29 is 9.53 Å². The summed E-state index contributed by atoms with van der Waals surface area (Å²) in [7, 11) is 1.79. The molecule has 8 heteroatoms. The number of thiazole rings is 1. The number of aryl methyl sites for hydroxylation is 2. The monoisotopic (exact) mass is 395 g/mol. The van der Waals surface area contributed by atoms with Crippen LogP contribution in [0.15, 0.2) is 4.99 Å². The largest absolute Gasteiger partial charge is 0.444 e. The van der Waals surface area contributed by atoms with Crippen LogP contribution in [0.3, 0.4) is 0 Å². The standard InChI is InChI=1S/C19H33N5O2S/c1-12-16(27-13(2)22-12)11-21-17(20-6)23-14-7-9-15(10-8-14)24-18(25)26-19(3,4)5/h14-15H,7-11H2,1-6H3,(H,24,25)(H2,20,21,23). The highest BCUT2D eigenvalue weighted by Crippen LogP contribution is 2.20. The normalized spacial score (nSPS) is 20.9. The van der Waals surface area contributed by atoms with E-state index in [2.05, 4.69) is 25.9 Å². The Hall–Kier alpha value is -1.83. The van der Waals surface area contributed by atoms with Gasteiger partial charge in [0.15, 0.2) is 5.96 Å². The molecule has 1 aliphatic carbocycles. The van der Waals surface area contributed by atoms with Gasteiger partial charge in [-0.1, -0.05) is 0 Å². The van der Waals surface area contributed by atoms with Gasteiger partial charge in [-0.15, -0.1) is 11.3 Å². The molecule has 7 nitrogen and oxygen atoms in total. The van der Waals surface area contributed by atoms with Crippen LogP contribution in [0.1, 0.15) is 62.0 Å². The lowest BCUT2D eigenvalue weighted by Gasteiger charge is -2.31. The van der Waals surface area contributed by atoms with Crippen LogP contribution in [-0.4, -0.2) is 41.8 Å². The van der Waals surface area contributed by atoms with Crippen molar-refractivity contribution >= 4 is 23.4 Å². The molecule has 0 aromatic carbocycles. The number of hydrogen-bond donors (Lipinski definition) is 3. The van der Waals surface area contributed by atoms with Gasteiger partial charge >= 0.3 is 6.09 Å². The Morgan fingerprint density at radius 2 is 1.78 bits per heavy atom. The number of carbonyl (C=O) groups excluding carboxylic acids is 1. The third-order valence-corrected chi connectivity index (χ3v) is 5.50. The van der Waals surface area contributed by atoms with Crippen LogP contribution in [0.2, 0.25) is 0 Å². The summed E-state index contributed by atoms with van der Waals surface area (Å²) in [5.41, 5.74) is 0.616. The van der Waals surface area contributed by atoms with Crippen LogP contribution in [0.5, 0.6) is 0 Å². The smallest absolute Gasteiger partial charge is 0.407 e. The van der Waals surface area contributed by atoms with E-state index in [0.29, 0.717) is 6.04 Å². The number of aromatic nitrogens is 1. The number of nitrogens with zero attached hydrogens (tertiary/aromatic N) is 2. The van der Waals surface area contributed by atoms with Gasteiger partial charge in [-0.3, -0.25) is 4.99 Å². The summed E-state index contributed by atoms with van der Waals surface area (Å²) in [5, 5.41) is 10.9. The van der Waals surface area contributed by atoms with Gasteiger partial charge in [-0.25, -0.2) is 9.78 Å². The zero-order valence-corrected chi connectivity index (χ0v) is 18.1. The average Bonchev–Trinajstić information content (AvgIpc) is 2.88. The zero-order chi connectivity index (χ0) is 20.0.